The second-order valence-electron chi connectivity index (χ2n) is 7.38. The van der Waals surface area contributed by atoms with Crippen LogP contribution in [0, 0.1) is 10.1 Å². The number of anilines is 1. The molecule has 1 amide bonds. The molecule has 12 heteroatoms. The molecule has 0 aliphatic carbocycles. The fraction of sp³-hybridized carbons (Fsp3) is 0.455. The van der Waals surface area contributed by atoms with Crippen molar-refractivity contribution in [2.75, 3.05) is 37.4 Å². The van der Waals surface area contributed by atoms with Crippen molar-refractivity contribution in [2.45, 2.75) is 38.4 Å². The smallest absolute Gasteiger partial charge is 0.269 e. The summed E-state index contributed by atoms with van der Waals surface area (Å²) in [6.45, 7) is 6.75. The zero-order valence-electron chi connectivity index (χ0n) is 19.3. The summed E-state index contributed by atoms with van der Waals surface area (Å²) in [6.07, 6.45) is 2.89. The molecule has 11 nitrogen and oxygen atoms in total. The van der Waals surface area contributed by atoms with E-state index in [-0.39, 0.29) is 18.0 Å². The molecule has 34 heavy (non-hydrogen) atoms. The highest BCUT2D eigenvalue weighted by Gasteiger charge is 2.14. The number of rotatable bonds is 14. The van der Waals surface area contributed by atoms with Gasteiger partial charge in [0.05, 0.1) is 36.1 Å². The monoisotopic (exact) mass is 487 g/mol. The summed E-state index contributed by atoms with van der Waals surface area (Å²) in [4.78, 5) is 31.9. The number of benzene rings is 1. The maximum atomic E-state index is 12.3. The lowest BCUT2D eigenvalue weighted by molar-refractivity contribution is -0.384. The highest BCUT2D eigenvalue weighted by molar-refractivity contribution is 7.99. The fourth-order valence-corrected chi connectivity index (χ4v) is 3.86. The molecule has 0 atom stereocenters. The summed E-state index contributed by atoms with van der Waals surface area (Å²) in [5.74, 6) is 1.46. The van der Waals surface area contributed by atoms with E-state index in [0.29, 0.717) is 49.2 Å². The Labute approximate surface area is 201 Å². The van der Waals surface area contributed by atoms with Crippen molar-refractivity contribution in [3.8, 4) is 0 Å². The van der Waals surface area contributed by atoms with Gasteiger partial charge in [-0.1, -0.05) is 30.8 Å². The van der Waals surface area contributed by atoms with Crippen molar-refractivity contribution < 1.29 is 14.5 Å². The van der Waals surface area contributed by atoms with Gasteiger partial charge < -0.3 is 15.4 Å². The second kappa shape index (κ2) is 12.8. The zero-order chi connectivity index (χ0) is 24.3. The van der Waals surface area contributed by atoms with E-state index in [4.69, 9.17) is 4.74 Å². The van der Waals surface area contributed by atoms with E-state index < -0.39 is 4.92 Å². The van der Waals surface area contributed by atoms with Crippen molar-refractivity contribution in [3.63, 3.8) is 0 Å². The Bertz CT molecular complexity index is 1100. The first-order chi connectivity index (χ1) is 16.5. The molecular weight excluding hydrogens is 458 g/mol. The van der Waals surface area contributed by atoms with Gasteiger partial charge in [0.15, 0.2) is 10.8 Å². The molecule has 0 spiro atoms. The minimum atomic E-state index is -0.464. The number of hydrogen-bond acceptors (Lipinski definition) is 9. The highest BCUT2D eigenvalue weighted by atomic mass is 32.2. The molecule has 0 bridgehead atoms. The molecule has 0 aliphatic heterocycles. The Hall–Kier alpha value is -3.25. The van der Waals surface area contributed by atoms with Crippen LogP contribution in [0.25, 0.3) is 11.0 Å². The van der Waals surface area contributed by atoms with Crippen molar-refractivity contribution in [1.29, 1.82) is 0 Å². The average molecular weight is 488 g/mol. The van der Waals surface area contributed by atoms with E-state index in [9.17, 15) is 14.9 Å². The summed E-state index contributed by atoms with van der Waals surface area (Å²) in [7, 11) is 0. The van der Waals surface area contributed by atoms with Crippen LogP contribution in [-0.2, 0) is 22.5 Å². The molecule has 0 saturated heterocycles. The Morgan fingerprint density at radius 3 is 2.71 bits per heavy atom. The van der Waals surface area contributed by atoms with Crippen molar-refractivity contribution in [3.05, 3.63) is 46.1 Å². The quantitative estimate of drug-likeness (QED) is 0.115. The number of nitrogens with zero attached hydrogens (tertiary/aromatic N) is 5. The van der Waals surface area contributed by atoms with Crippen LogP contribution in [0.15, 0.2) is 35.6 Å². The van der Waals surface area contributed by atoms with Gasteiger partial charge in [0.2, 0.25) is 5.91 Å². The third-order valence-corrected chi connectivity index (χ3v) is 5.86. The maximum Gasteiger partial charge on any atom is 0.269 e. The topological polar surface area (TPSA) is 137 Å². The molecule has 0 radical (unpaired) electrons. The van der Waals surface area contributed by atoms with Crippen LogP contribution >= 0.6 is 11.8 Å². The molecule has 0 aliphatic rings. The predicted molar refractivity (Wildman–Crippen MR) is 131 cm³/mol. The molecule has 0 unspecified atom stereocenters. The minimum Gasteiger partial charge on any atom is -0.380 e. The van der Waals surface area contributed by atoms with Gasteiger partial charge in [0.25, 0.3) is 5.69 Å². The van der Waals surface area contributed by atoms with Gasteiger partial charge in [-0.3, -0.25) is 14.9 Å². The number of nitro benzene ring substituents is 1. The number of nitro groups is 1. The molecule has 1 aromatic carbocycles. The first-order valence-electron chi connectivity index (χ1n) is 11.2. The van der Waals surface area contributed by atoms with Crippen LogP contribution in [0.5, 0.6) is 0 Å². The van der Waals surface area contributed by atoms with Crippen LogP contribution in [0.2, 0.25) is 0 Å². The Balaban J connectivity index is 1.62. The lowest BCUT2D eigenvalue weighted by atomic mass is 10.1. The maximum absolute atomic E-state index is 12.3. The molecule has 2 heterocycles. The number of carbonyl (C=O) groups is 1. The van der Waals surface area contributed by atoms with Gasteiger partial charge in [-0.05, 0) is 18.9 Å². The lowest BCUT2D eigenvalue weighted by Gasteiger charge is -2.10. The molecule has 0 saturated carbocycles. The van der Waals surface area contributed by atoms with Gasteiger partial charge in [-0.15, -0.1) is 0 Å². The van der Waals surface area contributed by atoms with Crippen molar-refractivity contribution >= 4 is 40.2 Å². The van der Waals surface area contributed by atoms with Crippen LogP contribution < -0.4 is 10.6 Å². The number of nitrogens with one attached hydrogen (secondary N) is 2. The third-order valence-electron chi connectivity index (χ3n) is 4.81. The molecule has 182 valence electrons. The van der Waals surface area contributed by atoms with E-state index in [1.807, 2.05) is 6.92 Å². The Morgan fingerprint density at radius 1 is 1.21 bits per heavy atom. The summed E-state index contributed by atoms with van der Waals surface area (Å²) in [5.41, 5.74) is 1.41. The summed E-state index contributed by atoms with van der Waals surface area (Å²) in [5, 5.41) is 22.9. The first kappa shape index (κ1) is 25.4. The number of aromatic nitrogens is 4. The number of carbonyl (C=O) groups excluding carboxylic acids is 1. The van der Waals surface area contributed by atoms with E-state index in [0.717, 1.165) is 23.4 Å². The van der Waals surface area contributed by atoms with E-state index in [1.165, 1.54) is 12.1 Å². The van der Waals surface area contributed by atoms with Gasteiger partial charge >= 0.3 is 0 Å². The number of thioether (sulfide) groups is 1. The van der Waals surface area contributed by atoms with Crippen LogP contribution in [0.4, 0.5) is 11.5 Å². The Kier molecular flexibility index (Phi) is 9.59. The molecule has 0 fully saturated rings. The largest absolute Gasteiger partial charge is 0.380 e. The number of hydrogen-bond donors (Lipinski definition) is 2. The van der Waals surface area contributed by atoms with Crippen LogP contribution in [-0.4, -0.2) is 62.6 Å². The lowest BCUT2D eigenvalue weighted by Crippen LogP contribution is -2.28. The average Bonchev–Trinajstić information content (AvgIpc) is 3.23. The molecule has 3 rings (SSSR count). The van der Waals surface area contributed by atoms with Gasteiger partial charge in [0.1, 0.15) is 5.82 Å². The fourth-order valence-electron chi connectivity index (χ4n) is 3.16. The normalized spacial score (nSPS) is 11.0. The minimum absolute atomic E-state index is 0.0000684. The number of fused-ring (bicyclic) bond motifs is 1. The van der Waals surface area contributed by atoms with Gasteiger partial charge in [0, 0.05) is 37.6 Å². The van der Waals surface area contributed by atoms with Crippen molar-refractivity contribution in [1.82, 2.24) is 25.1 Å². The predicted octanol–water partition coefficient (Wildman–Crippen LogP) is 3.04. The zero-order valence-corrected chi connectivity index (χ0v) is 20.1. The van der Waals surface area contributed by atoms with E-state index >= 15 is 0 Å². The van der Waals surface area contributed by atoms with E-state index in [1.54, 1.807) is 34.8 Å². The third kappa shape index (κ3) is 7.12. The number of ether oxygens (including phenoxy) is 1. The van der Waals surface area contributed by atoms with Gasteiger partial charge in [-0.2, -0.15) is 5.10 Å². The van der Waals surface area contributed by atoms with Gasteiger partial charge in [-0.25, -0.2) is 14.6 Å². The summed E-state index contributed by atoms with van der Waals surface area (Å²) >= 11 is 1.59. The first-order valence-corrected chi connectivity index (χ1v) is 12.2. The molecule has 3 aromatic rings. The standard InChI is InChI=1S/C22H29N7O4S/c1-3-13-34-22-26-20(24-10-12-33-4-2)18-15-25-28(21(18)27-22)11-9-23-19(30)14-16-5-7-17(8-6-16)29(31)32/h5-8,15H,3-4,9-14H2,1-2H3,(H,23,30)(H,24,26,27). The molecule has 2 aromatic heterocycles. The van der Waals surface area contributed by atoms with E-state index in [2.05, 4.69) is 32.6 Å². The van der Waals surface area contributed by atoms with Crippen LogP contribution in [0.3, 0.4) is 0 Å². The van der Waals surface area contributed by atoms with Crippen LogP contribution in [0.1, 0.15) is 25.8 Å². The molecular formula is C22H29N7O4S. The second-order valence-corrected chi connectivity index (χ2v) is 8.44. The Morgan fingerprint density at radius 2 is 2.00 bits per heavy atom. The van der Waals surface area contributed by atoms with Crippen molar-refractivity contribution in [2.24, 2.45) is 0 Å². The number of amides is 1. The number of non-ortho nitro benzene ring substituents is 1. The molecule has 2 N–H and O–H groups in total. The highest BCUT2D eigenvalue weighted by Crippen LogP contribution is 2.24. The summed E-state index contributed by atoms with van der Waals surface area (Å²) in [6, 6.07) is 5.97. The SMILES string of the molecule is CCCSc1nc(NCCOCC)c2cnn(CCNC(=O)Cc3ccc([N+](=O)[O-])cc3)c2n1. The summed E-state index contributed by atoms with van der Waals surface area (Å²) < 4.78 is 7.16.